The van der Waals surface area contributed by atoms with Crippen molar-refractivity contribution in [3.05, 3.63) is 42.2 Å². The number of amides is 1. The maximum Gasteiger partial charge on any atom is 0.237 e. The molecule has 0 radical (unpaired) electrons. The fraction of sp³-hybridized carbons (Fsp3) is 0.421. The molecule has 1 atom stereocenters. The lowest BCUT2D eigenvalue weighted by Crippen LogP contribution is -2.40. The molecule has 1 aliphatic heterocycles. The van der Waals surface area contributed by atoms with Gasteiger partial charge in [-0.15, -0.1) is 0 Å². The normalized spacial score (nSPS) is 16.8. The number of nitrogens with zero attached hydrogens (tertiary/aromatic N) is 3. The molecule has 1 aliphatic rings. The number of aryl methyl sites for hydroxylation is 1. The molecule has 1 aromatic heterocycles. The first kappa shape index (κ1) is 17.2. The summed E-state index contributed by atoms with van der Waals surface area (Å²) in [5.41, 5.74) is 2.17. The molecule has 1 unspecified atom stereocenters. The molecule has 2 N–H and O–H groups in total. The highest BCUT2D eigenvalue weighted by Gasteiger charge is 2.27. The van der Waals surface area contributed by atoms with Gasteiger partial charge in [-0.3, -0.25) is 4.79 Å². The average molecular weight is 337 g/mol. The lowest BCUT2D eigenvalue weighted by molar-refractivity contribution is -0.130. The van der Waals surface area contributed by atoms with Crippen LogP contribution in [0.25, 0.3) is 11.4 Å². The van der Waals surface area contributed by atoms with Crippen LogP contribution in [0.1, 0.15) is 25.0 Å². The molecule has 2 aromatic rings. The van der Waals surface area contributed by atoms with Crippen LogP contribution < -0.4 is 5.32 Å². The van der Waals surface area contributed by atoms with Gasteiger partial charge in [0.15, 0.2) is 0 Å². The molecular formula is C19H23N5O. The maximum absolute atomic E-state index is 12.1. The molecule has 1 fully saturated rings. The van der Waals surface area contributed by atoms with Crippen LogP contribution in [0.15, 0.2) is 36.5 Å². The summed E-state index contributed by atoms with van der Waals surface area (Å²) in [4.78, 5) is 21.5. The lowest BCUT2D eigenvalue weighted by Gasteiger charge is -2.19. The predicted octanol–water partition coefficient (Wildman–Crippen LogP) is 2.11. The van der Waals surface area contributed by atoms with Gasteiger partial charge in [-0.25, -0.2) is 4.98 Å². The molecule has 0 spiro atoms. The van der Waals surface area contributed by atoms with E-state index in [1.807, 2.05) is 36.5 Å². The number of benzene rings is 1. The average Bonchev–Trinajstić information content (AvgIpc) is 3.31. The Morgan fingerprint density at radius 2 is 2.24 bits per heavy atom. The number of hydrogen-bond donors (Lipinski definition) is 2. The van der Waals surface area contributed by atoms with Gasteiger partial charge >= 0.3 is 0 Å². The van der Waals surface area contributed by atoms with Gasteiger partial charge in [0.1, 0.15) is 11.9 Å². The molecule has 130 valence electrons. The Morgan fingerprint density at radius 3 is 3.04 bits per heavy atom. The van der Waals surface area contributed by atoms with Crippen molar-refractivity contribution in [3.8, 4) is 17.5 Å². The number of likely N-dealkylation sites (tertiary alicyclic amines) is 1. The number of aromatic amines is 1. The minimum absolute atomic E-state index is 0.0250. The fourth-order valence-electron chi connectivity index (χ4n) is 3.13. The summed E-state index contributed by atoms with van der Waals surface area (Å²) in [5.74, 6) is 0.910. The molecule has 1 saturated heterocycles. The summed E-state index contributed by atoms with van der Waals surface area (Å²) in [6, 6.07) is 12.0. The van der Waals surface area contributed by atoms with Crippen molar-refractivity contribution in [1.29, 1.82) is 5.26 Å². The molecule has 25 heavy (non-hydrogen) atoms. The molecule has 6 heteroatoms. The van der Waals surface area contributed by atoms with Gasteiger partial charge in [-0.1, -0.05) is 30.3 Å². The molecule has 6 nitrogen and oxygen atoms in total. The highest BCUT2D eigenvalue weighted by molar-refractivity contribution is 5.79. The lowest BCUT2D eigenvalue weighted by atomic mass is 10.2. The van der Waals surface area contributed by atoms with E-state index in [1.54, 1.807) is 4.90 Å². The number of carbonyl (C=O) groups excluding carboxylic acids is 1. The van der Waals surface area contributed by atoms with E-state index >= 15 is 0 Å². The van der Waals surface area contributed by atoms with E-state index < -0.39 is 0 Å². The van der Waals surface area contributed by atoms with Crippen LogP contribution in [0.4, 0.5) is 0 Å². The van der Waals surface area contributed by atoms with Gasteiger partial charge in [0.2, 0.25) is 5.91 Å². The Balaban J connectivity index is 1.37. The number of nitriles is 1. The van der Waals surface area contributed by atoms with Crippen molar-refractivity contribution in [3.63, 3.8) is 0 Å². The topological polar surface area (TPSA) is 84.8 Å². The van der Waals surface area contributed by atoms with Gasteiger partial charge in [-0.05, 0) is 32.2 Å². The molecule has 2 heterocycles. The van der Waals surface area contributed by atoms with Crippen molar-refractivity contribution < 1.29 is 4.79 Å². The summed E-state index contributed by atoms with van der Waals surface area (Å²) in [6.45, 7) is 1.77. The Hall–Kier alpha value is -2.65. The number of imidazole rings is 1. The van der Waals surface area contributed by atoms with E-state index in [2.05, 4.69) is 21.4 Å². The second-order valence-corrected chi connectivity index (χ2v) is 6.28. The van der Waals surface area contributed by atoms with E-state index in [0.29, 0.717) is 13.1 Å². The standard InChI is InChI=1S/C19H23N5O/c20-12-17-9-5-11-24(17)18(25)14-21-10-4-8-16-13-22-19(23-16)15-6-2-1-3-7-15/h1-3,6-7,13,17,21H,4-5,8-11,14H2,(H,22,23). The quantitative estimate of drug-likeness (QED) is 0.758. The summed E-state index contributed by atoms with van der Waals surface area (Å²) in [7, 11) is 0. The van der Waals surface area contributed by atoms with E-state index in [-0.39, 0.29) is 11.9 Å². The Labute approximate surface area is 147 Å². The third-order valence-electron chi connectivity index (χ3n) is 4.47. The minimum atomic E-state index is -0.240. The van der Waals surface area contributed by atoms with Crippen LogP contribution in [0, 0.1) is 11.3 Å². The van der Waals surface area contributed by atoms with Crippen molar-refractivity contribution in [2.75, 3.05) is 19.6 Å². The van der Waals surface area contributed by atoms with Gasteiger partial charge in [0.05, 0.1) is 12.6 Å². The monoisotopic (exact) mass is 337 g/mol. The summed E-state index contributed by atoms with van der Waals surface area (Å²) in [5, 5.41) is 12.2. The Morgan fingerprint density at radius 1 is 1.40 bits per heavy atom. The van der Waals surface area contributed by atoms with E-state index in [4.69, 9.17) is 5.26 Å². The number of nitrogens with one attached hydrogen (secondary N) is 2. The SMILES string of the molecule is N#CC1CCCN1C(=O)CNCCCc1cnc(-c2ccccc2)[nH]1. The number of hydrogen-bond acceptors (Lipinski definition) is 4. The fourth-order valence-corrected chi connectivity index (χ4v) is 3.13. The summed E-state index contributed by atoms with van der Waals surface area (Å²) >= 11 is 0. The zero-order valence-electron chi connectivity index (χ0n) is 14.2. The molecule has 0 bridgehead atoms. The van der Waals surface area contributed by atoms with E-state index in [0.717, 1.165) is 49.3 Å². The largest absolute Gasteiger partial charge is 0.342 e. The van der Waals surface area contributed by atoms with Crippen LogP contribution in [0.2, 0.25) is 0 Å². The first-order valence-corrected chi connectivity index (χ1v) is 8.77. The van der Waals surface area contributed by atoms with E-state index in [1.165, 1.54) is 0 Å². The van der Waals surface area contributed by atoms with Gasteiger partial charge < -0.3 is 15.2 Å². The van der Waals surface area contributed by atoms with Crippen LogP contribution in [0.3, 0.4) is 0 Å². The van der Waals surface area contributed by atoms with Crippen LogP contribution in [-0.2, 0) is 11.2 Å². The molecular weight excluding hydrogens is 314 g/mol. The number of aromatic nitrogens is 2. The van der Waals surface area contributed by atoms with Gasteiger partial charge in [0, 0.05) is 24.0 Å². The van der Waals surface area contributed by atoms with Crippen molar-refractivity contribution in [2.24, 2.45) is 0 Å². The Kier molecular flexibility index (Phi) is 5.81. The van der Waals surface area contributed by atoms with Crippen LogP contribution in [0.5, 0.6) is 0 Å². The summed E-state index contributed by atoms with van der Waals surface area (Å²) < 4.78 is 0. The summed E-state index contributed by atoms with van der Waals surface area (Å²) in [6.07, 6.45) is 5.39. The number of carbonyl (C=O) groups is 1. The third kappa shape index (κ3) is 4.46. The second-order valence-electron chi connectivity index (χ2n) is 6.28. The second kappa shape index (κ2) is 8.45. The number of rotatable bonds is 7. The molecule has 3 rings (SSSR count). The van der Waals surface area contributed by atoms with Crippen LogP contribution in [-0.4, -0.2) is 46.5 Å². The van der Waals surface area contributed by atoms with Gasteiger partial charge in [0.25, 0.3) is 0 Å². The zero-order chi connectivity index (χ0) is 17.5. The van der Waals surface area contributed by atoms with Gasteiger partial charge in [-0.2, -0.15) is 5.26 Å². The smallest absolute Gasteiger partial charge is 0.237 e. The first-order valence-electron chi connectivity index (χ1n) is 8.77. The molecule has 1 aromatic carbocycles. The van der Waals surface area contributed by atoms with Crippen LogP contribution >= 0.6 is 0 Å². The molecule has 0 saturated carbocycles. The number of H-pyrrole nitrogens is 1. The van der Waals surface area contributed by atoms with Crippen molar-refractivity contribution in [2.45, 2.75) is 31.7 Å². The first-order chi connectivity index (χ1) is 12.3. The third-order valence-corrected chi connectivity index (χ3v) is 4.47. The molecule has 1 amide bonds. The highest BCUT2D eigenvalue weighted by atomic mass is 16.2. The molecule has 0 aliphatic carbocycles. The maximum atomic E-state index is 12.1. The highest BCUT2D eigenvalue weighted by Crippen LogP contribution is 2.16. The predicted molar refractivity (Wildman–Crippen MR) is 95.6 cm³/mol. The van der Waals surface area contributed by atoms with Crippen molar-refractivity contribution >= 4 is 5.91 Å². The van der Waals surface area contributed by atoms with E-state index in [9.17, 15) is 4.79 Å². The van der Waals surface area contributed by atoms with Crippen molar-refractivity contribution in [1.82, 2.24) is 20.2 Å². The Bertz CT molecular complexity index is 734. The zero-order valence-corrected chi connectivity index (χ0v) is 14.2. The minimum Gasteiger partial charge on any atom is -0.342 e.